The fourth-order valence-electron chi connectivity index (χ4n) is 3.28. The van der Waals surface area contributed by atoms with E-state index in [1.165, 1.54) is 17.0 Å². The zero-order chi connectivity index (χ0) is 19.7. The van der Waals surface area contributed by atoms with Crippen LogP contribution >= 0.6 is 24.0 Å². The van der Waals surface area contributed by atoms with E-state index < -0.39 is 12.7 Å². The van der Waals surface area contributed by atoms with E-state index in [0.717, 1.165) is 37.8 Å². The number of hydrogen-bond donors (Lipinski definition) is 2. The molecule has 0 aliphatic carbocycles. The zero-order valence-electron chi connectivity index (χ0n) is 16.1. The van der Waals surface area contributed by atoms with Crippen LogP contribution in [0.1, 0.15) is 24.8 Å². The topological polar surface area (TPSA) is 39.7 Å². The van der Waals surface area contributed by atoms with Crippen molar-refractivity contribution in [2.24, 2.45) is 10.9 Å². The van der Waals surface area contributed by atoms with Gasteiger partial charge in [-0.2, -0.15) is 13.2 Å². The number of rotatable bonds is 7. The van der Waals surface area contributed by atoms with Gasteiger partial charge in [0.25, 0.3) is 0 Å². The van der Waals surface area contributed by atoms with Gasteiger partial charge in [-0.3, -0.25) is 9.89 Å². The minimum absolute atomic E-state index is 0. The van der Waals surface area contributed by atoms with Crippen LogP contribution in [0.2, 0.25) is 0 Å². The molecule has 28 heavy (non-hydrogen) atoms. The molecular weight excluding hydrogens is 487 g/mol. The molecule has 0 spiro atoms. The summed E-state index contributed by atoms with van der Waals surface area (Å²) in [5, 5.41) is 6.46. The second-order valence-electron chi connectivity index (χ2n) is 6.93. The van der Waals surface area contributed by atoms with E-state index in [1.54, 1.807) is 19.2 Å². The summed E-state index contributed by atoms with van der Waals surface area (Å²) >= 11 is 0. The fourth-order valence-corrected chi connectivity index (χ4v) is 3.28. The summed E-state index contributed by atoms with van der Waals surface area (Å²) in [5.74, 6) is 0.902. The highest BCUT2D eigenvalue weighted by molar-refractivity contribution is 14.0. The number of alkyl halides is 3. The first-order chi connectivity index (χ1) is 12.9. The van der Waals surface area contributed by atoms with Gasteiger partial charge in [0.1, 0.15) is 5.82 Å². The molecular formula is C19H29F4IN4. The molecule has 0 aromatic heterocycles. The van der Waals surface area contributed by atoms with Crippen LogP contribution in [0.15, 0.2) is 29.3 Å². The number of halogens is 5. The van der Waals surface area contributed by atoms with E-state index >= 15 is 0 Å². The largest absolute Gasteiger partial charge is 0.401 e. The lowest BCUT2D eigenvalue weighted by molar-refractivity contribution is -0.148. The van der Waals surface area contributed by atoms with E-state index in [4.69, 9.17) is 0 Å². The average Bonchev–Trinajstić information content (AvgIpc) is 2.62. The molecule has 0 atom stereocenters. The second-order valence-corrected chi connectivity index (χ2v) is 6.93. The lowest BCUT2D eigenvalue weighted by Gasteiger charge is -2.32. The standard InChI is InChI=1S/C19H28F4N4.HI/c1-24-18(25-10-6-15-2-4-17(20)5-3-15)26-11-7-16-8-12-27(13-9-16)14-19(21,22)23;/h2-5,16H,6-14H2,1H3,(H2,24,25,26);1H. The lowest BCUT2D eigenvalue weighted by Crippen LogP contribution is -2.42. The summed E-state index contributed by atoms with van der Waals surface area (Å²) in [4.78, 5) is 5.66. The maximum Gasteiger partial charge on any atom is 0.401 e. The first kappa shape index (κ1) is 24.9. The number of benzene rings is 1. The molecule has 0 saturated carbocycles. The molecule has 1 saturated heterocycles. The van der Waals surface area contributed by atoms with Gasteiger partial charge in [0, 0.05) is 20.1 Å². The molecule has 4 nitrogen and oxygen atoms in total. The van der Waals surface area contributed by atoms with Crippen molar-refractivity contribution in [1.82, 2.24) is 15.5 Å². The Labute approximate surface area is 181 Å². The Morgan fingerprint density at radius 1 is 1.11 bits per heavy atom. The molecule has 2 N–H and O–H groups in total. The highest BCUT2D eigenvalue weighted by Gasteiger charge is 2.32. The average molecular weight is 516 g/mol. The molecule has 0 bridgehead atoms. The van der Waals surface area contributed by atoms with E-state index in [9.17, 15) is 17.6 Å². The Balaban J connectivity index is 0.00000392. The molecule has 1 aliphatic heterocycles. The lowest BCUT2D eigenvalue weighted by atomic mass is 9.93. The molecule has 0 amide bonds. The number of nitrogens with zero attached hydrogens (tertiary/aromatic N) is 2. The predicted molar refractivity (Wildman–Crippen MR) is 115 cm³/mol. The summed E-state index contributed by atoms with van der Waals surface area (Å²) in [6.07, 6.45) is -0.833. The summed E-state index contributed by atoms with van der Waals surface area (Å²) < 4.78 is 50.1. The van der Waals surface area contributed by atoms with Gasteiger partial charge >= 0.3 is 6.18 Å². The van der Waals surface area contributed by atoms with Gasteiger partial charge in [0.05, 0.1) is 6.54 Å². The molecule has 9 heteroatoms. The Morgan fingerprint density at radius 2 is 1.71 bits per heavy atom. The maximum absolute atomic E-state index is 12.9. The minimum Gasteiger partial charge on any atom is -0.356 e. The summed E-state index contributed by atoms with van der Waals surface area (Å²) in [6, 6.07) is 6.42. The monoisotopic (exact) mass is 516 g/mol. The van der Waals surface area contributed by atoms with Crippen LogP contribution in [-0.4, -0.2) is 56.8 Å². The van der Waals surface area contributed by atoms with E-state index in [-0.39, 0.29) is 29.8 Å². The van der Waals surface area contributed by atoms with Crippen molar-refractivity contribution < 1.29 is 17.6 Å². The first-order valence-corrected chi connectivity index (χ1v) is 9.34. The van der Waals surface area contributed by atoms with Gasteiger partial charge < -0.3 is 10.6 Å². The van der Waals surface area contributed by atoms with Crippen LogP contribution in [-0.2, 0) is 6.42 Å². The van der Waals surface area contributed by atoms with E-state index in [1.807, 2.05) is 0 Å². The molecule has 1 aliphatic rings. The number of guanidine groups is 1. The third-order valence-corrected chi connectivity index (χ3v) is 4.80. The second kappa shape index (κ2) is 12.5. The normalized spacial score (nSPS) is 16.5. The van der Waals surface area contributed by atoms with Gasteiger partial charge in [-0.15, -0.1) is 24.0 Å². The quantitative estimate of drug-likeness (QED) is 0.251. The van der Waals surface area contributed by atoms with E-state index in [2.05, 4.69) is 15.6 Å². The number of piperidine rings is 1. The summed E-state index contributed by atoms with van der Waals surface area (Å²) in [5.41, 5.74) is 1.05. The highest BCUT2D eigenvalue weighted by Crippen LogP contribution is 2.23. The Kier molecular flexibility index (Phi) is 11.1. The fraction of sp³-hybridized carbons (Fsp3) is 0.632. The van der Waals surface area contributed by atoms with Crippen molar-refractivity contribution in [3.8, 4) is 0 Å². The number of likely N-dealkylation sites (tertiary alicyclic amines) is 1. The van der Waals surface area contributed by atoms with Crippen molar-refractivity contribution in [2.75, 3.05) is 39.8 Å². The van der Waals surface area contributed by atoms with Crippen molar-refractivity contribution in [3.05, 3.63) is 35.6 Å². The van der Waals surface area contributed by atoms with Gasteiger partial charge in [-0.05, 0) is 62.4 Å². The Bertz CT molecular complexity index is 585. The van der Waals surface area contributed by atoms with Gasteiger partial charge in [0.2, 0.25) is 0 Å². The first-order valence-electron chi connectivity index (χ1n) is 9.34. The maximum atomic E-state index is 12.9. The molecule has 0 unspecified atom stereocenters. The van der Waals surface area contributed by atoms with Crippen LogP contribution in [0, 0.1) is 11.7 Å². The zero-order valence-corrected chi connectivity index (χ0v) is 18.4. The molecule has 1 fully saturated rings. The Morgan fingerprint density at radius 3 is 2.29 bits per heavy atom. The van der Waals surface area contributed by atoms with Crippen molar-refractivity contribution >= 4 is 29.9 Å². The molecule has 1 aromatic rings. The van der Waals surface area contributed by atoms with Crippen LogP contribution < -0.4 is 10.6 Å². The van der Waals surface area contributed by atoms with Crippen molar-refractivity contribution in [2.45, 2.75) is 31.9 Å². The summed E-state index contributed by atoms with van der Waals surface area (Å²) in [7, 11) is 1.70. The Hall–Kier alpha value is -1.10. The summed E-state index contributed by atoms with van der Waals surface area (Å²) in [6.45, 7) is 1.63. The molecule has 1 aromatic carbocycles. The predicted octanol–water partition coefficient (Wildman–Crippen LogP) is 3.82. The molecule has 160 valence electrons. The third-order valence-electron chi connectivity index (χ3n) is 4.80. The smallest absolute Gasteiger partial charge is 0.356 e. The van der Waals surface area contributed by atoms with Crippen LogP contribution in [0.5, 0.6) is 0 Å². The molecule has 0 radical (unpaired) electrons. The number of aliphatic imine (C=N–C) groups is 1. The van der Waals surface area contributed by atoms with Gasteiger partial charge in [-0.25, -0.2) is 4.39 Å². The van der Waals surface area contributed by atoms with Crippen LogP contribution in [0.25, 0.3) is 0 Å². The number of nitrogens with one attached hydrogen (secondary N) is 2. The number of hydrogen-bond acceptors (Lipinski definition) is 2. The highest BCUT2D eigenvalue weighted by atomic mass is 127. The van der Waals surface area contributed by atoms with Crippen LogP contribution in [0.4, 0.5) is 17.6 Å². The minimum atomic E-state index is -4.11. The molecule has 1 heterocycles. The van der Waals surface area contributed by atoms with Crippen molar-refractivity contribution in [1.29, 1.82) is 0 Å². The van der Waals surface area contributed by atoms with Crippen molar-refractivity contribution in [3.63, 3.8) is 0 Å². The SMILES string of the molecule is CN=C(NCCc1ccc(F)cc1)NCCC1CCN(CC(F)(F)F)CC1.I. The van der Waals surface area contributed by atoms with Crippen LogP contribution in [0.3, 0.4) is 0 Å². The van der Waals surface area contributed by atoms with Gasteiger partial charge in [-0.1, -0.05) is 12.1 Å². The third kappa shape index (κ3) is 9.90. The molecule has 2 rings (SSSR count). The van der Waals surface area contributed by atoms with Gasteiger partial charge in [0.15, 0.2) is 5.96 Å². The van der Waals surface area contributed by atoms with E-state index in [0.29, 0.717) is 31.5 Å².